The van der Waals surface area contributed by atoms with Crippen LogP contribution in [0.25, 0.3) is 11.3 Å². The van der Waals surface area contributed by atoms with Gasteiger partial charge in [0.1, 0.15) is 11.4 Å². The molecule has 0 radical (unpaired) electrons. The Bertz CT molecular complexity index is 858. The summed E-state index contributed by atoms with van der Waals surface area (Å²) in [6.07, 6.45) is 9.45. The normalized spacial score (nSPS) is 12.9. The molecule has 0 saturated carbocycles. The molecular formula is C25H38FN3O4. The van der Waals surface area contributed by atoms with Crippen LogP contribution in [0.5, 0.6) is 5.75 Å². The molecule has 1 aromatic heterocycles. The molecule has 3 N–H and O–H groups in total. The zero-order chi connectivity index (χ0) is 24.1. The first-order valence-electron chi connectivity index (χ1n) is 12.0. The minimum atomic E-state index is -1.17. The Balaban J connectivity index is 1.96. The van der Waals surface area contributed by atoms with Crippen LogP contribution >= 0.6 is 0 Å². The number of unbranched alkanes of at least 4 members (excludes halogenated alkanes) is 6. The number of hydrogen-bond donors (Lipinski definition) is 3. The van der Waals surface area contributed by atoms with E-state index in [4.69, 9.17) is 9.47 Å². The van der Waals surface area contributed by atoms with Crippen LogP contribution in [0, 0.1) is 5.82 Å². The van der Waals surface area contributed by atoms with E-state index in [1.54, 1.807) is 25.3 Å². The average molecular weight is 464 g/mol. The largest absolute Gasteiger partial charge is 0.491 e. The molecule has 0 bridgehead atoms. The van der Waals surface area contributed by atoms with Crippen molar-refractivity contribution in [2.24, 2.45) is 0 Å². The third kappa shape index (κ3) is 8.35. The number of benzene rings is 1. The summed E-state index contributed by atoms with van der Waals surface area (Å²) in [5.41, 5.74) is -0.0172. The Morgan fingerprint density at radius 1 is 1.12 bits per heavy atom. The number of alkyl carbamates (subject to hydrolysis) is 1. The molecule has 8 heteroatoms. The molecule has 184 valence electrons. The number of hydrogen-bond acceptors (Lipinski definition) is 5. The fourth-order valence-electron chi connectivity index (χ4n) is 3.34. The maximum absolute atomic E-state index is 14.6. The minimum Gasteiger partial charge on any atom is -0.491 e. The molecule has 0 aliphatic rings. The number of imidazole rings is 1. The van der Waals surface area contributed by atoms with E-state index in [-0.39, 0.29) is 12.4 Å². The van der Waals surface area contributed by atoms with Crippen LogP contribution in [0.2, 0.25) is 0 Å². The monoisotopic (exact) mass is 463 g/mol. The van der Waals surface area contributed by atoms with E-state index in [0.717, 1.165) is 25.7 Å². The fraction of sp³-hybridized carbons (Fsp3) is 0.600. The van der Waals surface area contributed by atoms with Crippen LogP contribution in [0.4, 0.5) is 9.18 Å². The number of carbonyl (C=O) groups is 1. The number of carbonyl (C=O) groups excluding carboxylic acids is 1. The second-order valence-corrected chi connectivity index (χ2v) is 8.51. The van der Waals surface area contributed by atoms with Gasteiger partial charge in [-0.15, -0.1) is 0 Å². The summed E-state index contributed by atoms with van der Waals surface area (Å²) < 4.78 is 25.3. The van der Waals surface area contributed by atoms with Gasteiger partial charge in [0.25, 0.3) is 0 Å². The first-order valence-corrected chi connectivity index (χ1v) is 12.0. The predicted octanol–water partition coefficient (Wildman–Crippen LogP) is 5.69. The van der Waals surface area contributed by atoms with Gasteiger partial charge in [0.05, 0.1) is 31.7 Å². The number of amides is 1. The zero-order valence-corrected chi connectivity index (χ0v) is 20.1. The van der Waals surface area contributed by atoms with Crippen molar-refractivity contribution < 1.29 is 23.8 Å². The van der Waals surface area contributed by atoms with Crippen LogP contribution in [0.3, 0.4) is 0 Å². The molecule has 33 heavy (non-hydrogen) atoms. The Hall–Kier alpha value is -2.61. The van der Waals surface area contributed by atoms with Crippen molar-refractivity contribution >= 4 is 6.09 Å². The smallest absolute Gasteiger partial charge is 0.408 e. The second kappa shape index (κ2) is 13.8. The molecule has 1 amide bonds. The van der Waals surface area contributed by atoms with Crippen LogP contribution in [0.15, 0.2) is 24.4 Å². The Labute approximate surface area is 196 Å². The molecule has 0 fully saturated rings. The summed E-state index contributed by atoms with van der Waals surface area (Å²) in [6.45, 7) is 6.23. The standard InChI is InChI=1S/C25H38FN3O4/c1-4-6-8-9-10-11-15-32-22-13-12-19(16-20(22)26)21-17-27-23(28-21)25(3,18-30)29-24(31)33-14-7-5-2/h12-13,16-17,30H,4-11,14-15,18H2,1-3H3,(H,27,28)(H,29,31)/t25-/m0/s1. The van der Waals surface area contributed by atoms with Gasteiger partial charge in [-0.3, -0.25) is 0 Å². The first-order chi connectivity index (χ1) is 15.9. The van der Waals surface area contributed by atoms with Crippen molar-refractivity contribution in [3.63, 3.8) is 0 Å². The minimum absolute atomic E-state index is 0.226. The first kappa shape index (κ1) is 26.6. The van der Waals surface area contributed by atoms with Crippen molar-refractivity contribution in [3.05, 3.63) is 36.0 Å². The summed E-state index contributed by atoms with van der Waals surface area (Å²) in [7, 11) is 0. The number of aromatic nitrogens is 2. The highest BCUT2D eigenvalue weighted by Gasteiger charge is 2.32. The van der Waals surface area contributed by atoms with E-state index in [0.29, 0.717) is 30.3 Å². The second-order valence-electron chi connectivity index (χ2n) is 8.51. The van der Waals surface area contributed by atoms with Gasteiger partial charge in [0.15, 0.2) is 11.6 Å². The lowest BCUT2D eigenvalue weighted by Crippen LogP contribution is -2.47. The van der Waals surface area contributed by atoms with Gasteiger partial charge in [-0.05, 0) is 38.0 Å². The number of nitrogens with one attached hydrogen (secondary N) is 2. The topological polar surface area (TPSA) is 96.5 Å². The van der Waals surface area contributed by atoms with Gasteiger partial charge in [-0.1, -0.05) is 52.4 Å². The lowest BCUT2D eigenvalue weighted by Gasteiger charge is -2.26. The van der Waals surface area contributed by atoms with Gasteiger partial charge in [0, 0.05) is 5.56 Å². The van der Waals surface area contributed by atoms with Gasteiger partial charge < -0.3 is 24.9 Å². The van der Waals surface area contributed by atoms with Crippen LogP contribution in [-0.2, 0) is 10.3 Å². The highest BCUT2D eigenvalue weighted by Crippen LogP contribution is 2.27. The number of H-pyrrole nitrogens is 1. The van der Waals surface area contributed by atoms with E-state index in [1.165, 1.54) is 31.7 Å². The lowest BCUT2D eigenvalue weighted by atomic mass is 10.0. The maximum Gasteiger partial charge on any atom is 0.408 e. The third-order valence-electron chi connectivity index (χ3n) is 5.52. The molecule has 1 atom stereocenters. The highest BCUT2D eigenvalue weighted by molar-refractivity contribution is 5.68. The Kier molecular flexibility index (Phi) is 11.2. The Morgan fingerprint density at radius 2 is 1.85 bits per heavy atom. The highest BCUT2D eigenvalue weighted by atomic mass is 19.1. The summed E-state index contributed by atoms with van der Waals surface area (Å²) >= 11 is 0. The molecule has 2 aromatic rings. The van der Waals surface area contributed by atoms with Crippen molar-refractivity contribution in [2.75, 3.05) is 19.8 Å². The number of halogens is 1. The lowest BCUT2D eigenvalue weighted by molar-refractivity contribution is 0.112. The van der Waals surface area contributed by atoms with Crippen molar-refractivity contribution in [1.29, 1.82) is 0 Å². The average Bonchev–Trinajstić information content (AvgIpc) is 3.30. The van der Waals surface area contributed by atoms with E-state index >= 15 is 0 Å². The number of aliphatic hydroxyl groups is 1. The third-order valence-corrected chi connectivity index (χ3v) is 5.52. The molecule has 0 aliphatic heterocycles. The van der Waals surface area contributed by atoms with Gasteiger partial charge >= 0.3 is 6.09 Å². The van der Waals surface area contributed by atoms with Gasteiger partial charge in [0.2, 0.25) is 0 Å². The molecule has 1 heterocycles. The summed E-state index contributed by atoms with van der Waals surface area (Å²) in [5.74, 6) is 0.122. The number of aliphatic hydroxyl groups excluding tert-OH is 1. The van der Waals surface area contributed by atoms with Gasteiger partial charge in [-0.2, -0.15) is 0 Å². The number of nitrogens with zero attached hydrogens (tertiary/aromatic N) is 1. The molecule has 0 spiro atoms. The predicted molar refractivity (Wildman–Crippen MR) is 127 cm³/mol. The molecule has 7 nitrogen and oxygen atoms in total. The maximum atomic E-state index is 14.6. The molecule has 0 unspecified atom stereocenters. The zero-order valence-electron chi connectivity index (χ0n) is 20.1. The fourth-order valence-corrected chi connectivity index (χ4v) is 3.34. The number of aromatic amines is 1. The van der Waals surface area contributed by atoms with E-state index in [1.807, 2.05) is 6.92 Å². The Morgan fingerprint density at radius 3 is 2.55 bits per heavy atom. The van der Waals surface area contributed by atoms with Crippen LogP contribution in [0.1, 0.15) is 78.0 Å². The number of rotatable bonds is 15. The van der Waals surface area contributed by atoms with Crippen molar-refractivity contribution in [2.45, 2.75) is 77.7 Å². The SMILES string of the molecule is CCCCCCCCOc1ccc(-c2cnc([C@](C)(CO)NC(=O)OCCCC)[nH]2)cc1F. The van der Waals surface area contributed by atoms with Gasteiger partial charge in [-0.25, -0.2) is 14.2 Å². The molecule has 2 rings (SSSR count). The van der Waals surface area contributed by atoms with E-state index in [9.17, 15) is 14.3 Å². The summed E-state index contributed by atoms with van der Waals surface area (Å²) in [6, 6.07) is 4.74. The van der Waals surface area contributed by atoms with E-state index in [2.05, 4.69) is 22.2 Å². The molecule has 1 aromatic carbocycles. The van der Waals surface area contributed by atoms with E-state index < -0.39 is 17.4 Å². The molecule has 0 saturated heterocycles. The summed E-state index contributed by atoms with van der Waals surface area (Å²) in [5, 5.41) is 12.5. The van der Waals surface area contributed by atoms with Crippen molar-refractivity contribution in [1.82, 2.24) is 15.3 Å². The molecular weight excluding hydrogens is 425 g/mol. The van der Waals surface area contributed by atoms with Crippen LogP contribution < -0.4 is 10.1 Å². The van der Waals surface area contributed by atoms with Crippen molar-refractivity contribution in [3.8, 4) is 17.0 Å². The molecule has 0 aliphatic carbocycles. The summed E-state index contributed by atoms with van der Waals surface area (Å²) in [4.78, 5) is 19.4. The van der Waals surface area contributed by atoms with Crippen LogP contribution in [-0.4, -0.2) is 41.0 Å². The number of ether oxygens (including phenoxy) is 2. The quantitative estimate of drug-likeness (QED) is 0.295.